The Morgan fingerprint density at radius 3 is 2.25 bits per heavy atom. The highest BCUT2D eigenvalue weighted by Crippen LogP contribution is 2.50. The monoisotopic (exact) mass is 660 g/mol. The molecule has 2 heterocycles. The molecular formula is C30H53N2O10PSi. The van der Waals surface area contributed by atoms with Crippen molar-refractivity contribution < 1.29 is 37.3 Å². The molecule has 5 atom stereocenters. The van der Waals surface area contributed by atoms with Crippen molar-refractivity contribution in [3.63, 3.8) is 0 Å². The van der Waals surface area contributed by atoms with E-state index in [1.165, 1.54) is 29.8 Å². The number of ether oxygens (including phenoxy) is 4. The van der Waals surface area contributed by atoms with Gasteiger partial charge in [0, 0.05) is 19.4 Å². The van der Waals surface area contributed by atoms with Crippen molar-refractivity contribution in [2.24, 2.45) is 10.8 Å². The van der Waals surface area contributed by atoms with E-state index >= 15 is 0 Å². The van der Waals surface area contributed by atoms with Crippen molar-refractivity contribution in [2.75, 3.05) is 33.3 Å². The van der Waals surface area contributed by atoms with Gasteiger partial charge in [0.15, 0.2) is 21.3 Å². The highest BCUT2D eigenvalue weighted by atomic mass is 31.2. The molecule has 2 rings (SSSR count). The SMILES string of the molecule is COC1C(O[Si](C)(C)C(C)(C)C)[C@@H](/C=C/P(=O)(CCOC(=O)C(C)(C)C)OCOCC(C)(C)C)O[C@H]1n1ccc(=O)[nH]c1=O. The largest absolute Gasteiger partial charge is 0.465 e. The summed E-state index contributed by atoms with van der Waals surface area (Å²) in [6.07, 6.45) is -0.329. The number of hydrogen-bond donors (Lipinski definition) is 1. The third-order valence-corrected chi connectivity index (χ3v) is 13.9. The van der Waals surface area contributed by atoms with Crippen molar-refractivity contribution >= 4 is 21.7 Å². The number of carbonyl (C=O) groups is 1. The Morgan fingerprint density at radius 2 is 1.73 bits per heavy atom. The van der Waals surface area contributed by atoms with Crippen LogP contribution in [0.2, 0.25) is 18.1 Å². The van der Waals surface area contributed by atoms with Gasteiger partial charge in [0.1, 0.15) is 24.9 Å². The fraction of sp³-hybridized carbons (Fsp3) is 0.767. The molecule has 0 aliphatic carbocycles. The zero-order chi connectivity index (χ0) is 33.7. The first kappa shape index (κ1) is 38.3. The minimum absolute atomic E-state index is 0.0822. The van der Waals surface area contributed by atoms with Gasteiger partial charge in [-0.25, -0.2) is 4.79 Å². The van der Waals surface area contributed by atoms with E-state index in [1.54, 1.807) is 26.8 Å². The average molecular weight is 661 g/mol. The fourth-order valence-electron chi connectivity index (χ4n) is 3.93. The van der Waals surface area contributed by atoms with Crippen molar-refractivity contribution in [3.05, 3.63) is 45.0 Å². The molecule has 1 saturated heterocycles. The Kier molecular flexibility index (Phi) is 12.8. The lowest BCUT2D eigenvalue weighted by Gasteiger charge is -2.40. The topological polar surface area (TPSA) is 144 Å². The lowest BCUT2D eigenvalue weighted by atomic mass is 9.97. The molecule has 0 amide bonds. The van der Waals surface area contributed by atoms with Gasteiger partial charge in [-0.15, -0.1) is 0 Å². The van der Waals surface area contributed by atoms with E-state index in [0.29, 0.717) is 6.61 Å². The number of aromatic amines is 1. The highest BCUT2D eigenvalue weighted by molar-refractivity contribution is 7.62. The number of nitrogens with zero attached hydrogens (tertiary/aromatic N) is 1. The Morgan fingerprint density at radius 1 is 1.09 bits per heavy atom. The molecular weight excluding hydrogens is 607 g/mol. The summed E-state index contributed by atoms with van der Waals surface area (Å²) in [4.78, 5) is 39.1. The normalized spacial score (nSPS) is 23.2. The van der Waals surface area contributed by atoms with E-state index in [2.05, 4.69) is 38.8 Å². The van der Waals surface area contributed by atoms with Crippen LogP contribution in [0.5, 0.6) is 0 Å². The Balaban J connectivity index is 2.45. The van der Waals surface area contributed by atoms with Gasteiger partial charge >= 0.3 is 11.7 Å². The summed E-state index contributed by atoms with van der Waals surface area (Å²) in [5, 5.41) is -0.161. The van der Waals surface area contributed by atoms with E-state index < -0.39 is 62.9 Å². The molecule has 0 radical (unpaired) electrons. The van der Waals surface area contributed by atoms with Crippen LogP contribution in [0.1, 0.15) is 68.5 Å². The van der Waals surface area contributed by atoms with E-state index in [1.807, 2.05) is 20.8 Å². The van der Waals surface area contributed by atoms with Crippen LogP contribution < -0.4 is 11.2 Å². The molecule has 1 aliphatic heterocycles. The van der Waals surface area contributed by atoms with E-state index in [0.717, 1.165) is 0 Å². The predicted molar refractivity (Wildman–Crippen MR) is 171 cm³/mol. The summed E-state index contributed by atoms with van der Waals surface area (Å²) >= 11 is 0. The lowest BCUT2D eigenvalue weighted by molar-refractivity contribution is -0.152. The second-order valence-corrected chi connectivity index (χ2v) is 22.1. The van der Waals surface area contributed by atoms with Gasteiger partial charge in [0.25, 0.3) is 5.56 Å². The number of hydrogen-bond acceptors (Lipinski definition) is 10. The predicted octanol–water partition coefficient (Wildman–Crippen LogP) is 5.26. The summed E-state index contributed by atoms with van der Waals surface area (Å²) in [6, 6.07) is 1.23. The molecule has 0 spiro atoms. The zero-order valence-electron chi connectivity index (χ0n) is 28.4. The van der Waals surface area contributed by atoms with Crippen LogP contribution in [0.3, 0.4) is 0 Å². The number of esters is 1. The minimum Gasteiger partial charge on any atom is -0.465 e. The van der Waals surface area contributed by atoms with E-state index in [9.17, 15) is 18.9 Å². The summed E-state index contributed by atoms with van der Waals surface area (Å²) in [5.74, 6) is 1.01. The van der Waals surface area contributed by atoms with Gasteiger partial charge in [-0.1, -0.05) is 41.5 Å². The summed E-state index contributed by atoms with van der Waals surface area (Å²) in [6.45, 7) is 21.8. The molecule has 14 heteroatoms. The van der Waals surface area contributed by atoms with Crippen LogP contribution in [-0.2, 0) is 37.3 Å². The first-order valence-corrected chi connectivity index (χ1v) is 19.6. The molecule has 252 valence electrons. The van der Waals surface area contributed by atoms with Gasteiger partial charge in [0.2, 0.25) is 7.37 Å². The van der Waals surface area contributed by atoms with Crippen molar-refractivity contribution in [2.45, 2.75) is 105 Å². The maximum atomic E-state index is 14.1. The molecule has 0 bridgehead atoms. The number of rotatable bonds is 13. The fourth-order valence-corrected chi connectivity index (χ4v) is 6.62. The maximum absolute atomic E-state index is 14.1. The number of H-pyrrole nitrogens is 1. The zero-order valence-corrected chi connectivity index (χ0v) is 30.3. The van der Waals surface area contributed by atoms with Gasteiger partial charge in [-0.3, -0.25) is 28.2 Å². The van der Waals surface area contributed by atoms with Gasteiger partial charge < -0.3 is 23.4 Å². The van der Waals surface area contributed by atoms with Crippen molar-refractivity contribution in [3.8, 4) is 0 Å². The number of nitrogens with one attached hydrogen (secondary N) is 1. The third kappa shape index (κ3) is 10.9. The average Bonchev–Trinajstić information content (AvgIpc) is 3.20. The molecule has 1 aliphatic rings. The Bertz CT molecular complexity index is 1300. The summed E-state index contributed by atoms with van der Waals surface area (Å²) < 4.78 is 51.1. The molecule has 3 unspecified atom stereocenters. The van der Waals surface area contributed by atoms with Gasteiger partial charge in [0.05, 0.1) is 18.2 Å². The van der Waals surface area contributed by atoms with Crippen LogP contribution in [0, 0.1) is 10.8 Å². The molecule has 1 N–H and O–H groups in total. The lowest BCUT2D eigenvalue weighted by Crippen LogP contribution is -2.49. The second-order valence-electron chi connectivity index (χ2n) is 14.9. The minimum atomic E-state index is -3.57. The Labute approximate surface area is 262 Å². The highest BCUT2D eigenvalue weighted by Gasteiger charge is 2.51. The quantitative estimate of drug-likeness (QED) is 0.0978. The molecule has 0 aromatic carbocycles. The number of methoxy groups -OCH3 is 1. The van der Waals surface area contributed by atoms with Gasteiger partial charge in [-0.2, -0.15) is 0 Å². The van der Waals surface area contributed by atoms with E-state index in [4.69, 9.17) is 27.9 Å². The van der Waals surface area contributed by atoms with Crippen LogP contribution >= 0.6 is 7.37 Å². The first-order chi connectivity index (χ1) is 20.0. The van der Waals surface area contributed by atoms with E-state index in [-0.39, 0.29) is 30.0 Å². The van der Waals surface area contributed by atoms with Crippen molar-refractivity contribution in [1.82, 2.24) is 9.55 Å². The van der Waals surface area contributed by atoms with Crippen LogP contribution in [0.25, 0.3) is 0 Å². The van der Waals surface area contributed by atoms with Crippen LogP contribution in [-0.4, -0.2) is 75.4 Å². The molecule has 12 nitrogen and oxygen atoms in total. The third-order valence-electron chi connectivity index (χ3n) is 7.50. The molecule has 1 aromatic rings. The molecule has 1 fully saturated rings. The molecule has 1 aromatic heterocycles. The Hall–Kier alpha value is -1.86. The maximum Gasteiger partial charge on any atom is 0.330 e. The molecule has 44 heavy (non-hydrogen) atoms. The standard InChI is InChI=1S/C30H53N2O10PSi/c1-28(2,3)19-38-20-40-43(36,18-16-39-26(34)29(4,5)6)17-14-21-23(42-44(11,12)30(7,8)9)24(37-10)25(41-21)32-15-13-22(33)31-27(32)35/h13-15,17,21,23-25H,16,18-20H2,1-12H3,(H,31,33,35)/b17-14+/t21-,23?,24?,25-,43?/m1/s1. The molecule has 0 saturated carbocycles. The first-order valence-electron chi connectivity index (χ1n) is 14.8. The van der Waals surface area contributed by atoms with Crippen LogP contribution in [0.15, 0.2) is 33.7 Å². The number of aromatic nitrogens is 2. The smallest absolute Gasteiger partial charge is 0.330 e. The summed E-state index contributed by atoms with van der Waals surface area (Å²) in [7, 11) is -4.49. The van der Waals surface area contributed by atoms with Gasteiger partial charge in [-0.05, 0) is 56.2 Å². The van der Waals surface area contributed by atoms with Crippen molar-refractivity contribution in [1.29, 1.82) is 0 Å². The summed E-state index contributed by atoms with van der Waals surface area (Å²) in [5.41, 5.74) is -2.04. The second kappa shape index (κ2) is 14.7. The van der Waals surface area contributed by atoms with Crippen LogP contribution in [0.4, 0.5) is 0 Å². The number of carbonyl (C=O) groups excluding carboxylic acids is 1.